The monoisotopic (exact) mass is 229 g/mol. The van der Waals surface area contributed by atoms with Gasteiger partial charge in [0.1, 0.15) is 0 Å². The molecule has 3 nitrogen and oxygen atoms in total. The van der Waals surface area contributed by atoms with Crippen molar-refractivity contribution in [3.63, 3.8) is 0 Å². The van der Waals surface area contributed by atoms with E-state index < -0.39 is 0 Å². The number of nitrogens with one attached hydrogen (secondary N) is 2. The first-order valence-corrected chi connectivity index (χ1v) is 6.30. The van der Waals surface area contributed by atoms with Crippen molar-refractivity contribution >= 4 is 10.9 Å². The molecule has 17 heavy (non-hydrogen) atoms. The first-order chi connectivity index (χ1) is 8.34. The van der Waals surface area contributed by atoms with Gasteiger partial charge in [-0.25, -0.2) is 0 Å². The number of aromatic nitrogens is 1. The highest BCUT2D eigenvalue weighted by molar-refractivity contribution is 5.83. The third kappa shape index (κ3) is 2.08. The molecular weight excluding hydrogens is 210 g/mol. The number of benzene rings is 1. The van der Waals surface area contributed by atoms with Gasteiger partial charge in [-0.05, 0) is 25.1 Å². The Morgan fingerprint density at radius 1 is 1.29 bits per heavy atom. The summed E-state index contributed by atoms with van der Waals surface area (Å²) in [7, 11) is 2.22. The van der Waals surface area contributed by atoms with Crippen molar-refractivity contribution in [3.05, 3.63) is 36.0 Å². The highest BCUT2D eigenvalue weighted by atomic mass is 15.2. The van der Waals surface area contributed by atoms with Gasteiger partial charge < -0.3 is 15.2 Å². The number of H-pyrrole nitrogens is 1. The number of para-hydroxylation sites is 1. The van der Waals surface area contributed by atoms with Crippen LogP contribution in [0.4, 0.5) is 0 Å². The van der Waals surface area contributed by atoms with Gasteiger partial charge in [0.25, 0.3) is 0 Å². The lowest BCUT2D eigenvalue weighted by Crippen LogP contribution is -2.56. The number of likely N-dealkylation sites (N-methyl/N-ethyl adjacent to an activating group) is 1. The van der Waals surface area contributed by atoms with Gasteiger partial charge in [0.05, 0.1) is 0 Å². The van der Waals surface area contributed by atoms with E-state index in [1.165, 1.54) is 16.5 Å². The smallest absolute Gasteiger partial charge is 0.0456 e. The zero-order chi connectivity index (χ0) is 11.7. The summed E-state index contributed by atoms with van der Waals surface area (Å²) in [5, 5.41) is 4.69. The maximum Gasteiger partial charge on any atom is 0.0456 e. The Bertz CT molecular complexity index is 499. The summed E-state index contributed by atoms with van der Waals surface area (Å²) in [5.41, 5.74) is 2.68. The largest absolute Gasteiger partial charge is 0.361 e. The van der Waals surface area contributed by atoms with E-state index >= 15 is 0 Å². The molecule has 3 rings (SSSR count). The molecule has 0 unspecified atom stereocenters. The topological polar surface area (TPSA) is 31.1 Å². The number of rotatable bonds is 4. The van der Waals surface area contributed by atoms with E-state index in [-0.39, 0.29) is 0 Å². The van der Waals surface area contributed by atoms with E-state index in [0.717, 1.165) is 32.1 Å². The van der Waals surface area contributed by atoms with Crippen molar-refractivity contribution < 1.29 is 0 Å². The van der Waals surface area contributed by atoms with E-state index in [1.54, 1.807) is 0 Å². The Hall–Kier alpha value is -1.32. The van der Waals surface area contributed by atoms with Gasteiger partial charge in [0.2, 0.25) is 0 Å². The second-order valence-electron chi connectivity index (χ2n) is 4.90. The SMILES string of the molecule is CN(CCc1c[nH]c2ccccc12)C1CNC1. The summed E-state index contributed by atoms with van der Waals surface area (Å²) in [5.74, 6) is 0. The van der Waals surface area contributed by atoms with Crippen LogP contribution in [0.1, 0.15) is 5.56 Å². The molecule has 1 aliphatic heterocycles. The average Bonchev–Trinajstić information content (AvgIpc) is 2.67. The van der Waals surface area contributed by atoms with Crippen LogP contribution in [0.25, 0.3) is 10.9 Å². The molecule has 0 atom stereocenters. The van der Waals surface area contributed by atoms with Crippen molar-refractivity contribution in [3.8, 4) is 0 Å². The van der Waals surface area contributed by atoms with Crippen LogP contribution in [0.15, 0.2) is 30.5 Å². The normalized spacial score (nSPS) is 16.6. The molecule has 2 N–H and O–H groups in total. The maximum atomic E-state index is 3.34. The summed E-state index contributed by atoms with van der Waals surface area (Å²) in [6.07, 6.45) is 3.27. The Kier molecular flexibility index (Phi) is 2.87. The minimum Gasteiger partial charge on any atom is -0.361 e. The molecule has 2 aromatic rings. The predicted octanol–water partition coefficient (Wildman–Crippen LogP) is 1.61. The van der Waals surface area contributed by atoms with Crippen LogP contribution in [0, 0.1) is 0 Å². The summed E-state index contributed by atoms with van der Waals surface area (Å²) in [4.78, 5) is 5.79. The molecule has 1 fully saturated rings. The molecule has 0 radical (unpaired) electrons. The Balaban J connectivity index is 1.68. The van der Waals surface area contributed by atoms with Crippen molar-refractivity contribution in [2.45, 2.75) is 12.5 Å². The first kappa shape index (κ1) is 10.8. The lowest BCUT2D eigenvalue weighted by Gasteiger charge is -2.35. The van der Waals surface area contributed by atoms with Crippen LogP contribution in [0.3, 0.4) is 0 Å². The Labute approximate surface area is 102 Å². The van der Waals surface area contributed by atoms with Crippen LogP contribution in [0.2, 0.25) is 0 Å². The number of nitrogens with zero attached hydrogens (tertiary/aromatic N) is 1. The third-order valence-corrected chi connectivity index (χ3v) is 3.79. The fourth-order valence-corrected chi connectivity index (χ4v) is 2.40. The number of hydrogen-bond acceptors (Lipinski definition) is 2. The number of hydrogen-bond donors (Lipinski definition) is 2. The molecule has 1 aliphatic rings. The Morgan fingerprint density at radius 2 is 2.12 bits per heavy atom. The molecule has 1 saturated heterocycles. The average molecular weight is 229 g/mol. The number of aromatic amines is 1. The molecule has 0 aliphatic carbocycles. The van der Waals surface area contributed by atoms with E-state index in [2.05, 4.69) is 52.7 Å². The van der Waals surface area contributed by atoms with E-state index in [9.17, 15) is 0 Å². The van der Waals surface area contributed by atoms with Gasteiger partial charge in [-0.1, -0.05) is 18.2 Å². The molecule has 1 aromatic heterocycles. The molecule has 90 valence electrons. The molecular formula is C14H19N3. The Morgan fingerprint density at radius 3 is 2.88 bits per heavy atom. The van der Waals surface area contributed by atoms with E-state index in [1.807, 2.05) is 0 Å². The molecule has 0 spiro atoms. The van der Waals surface area contributed by atoms with Gasteiger partial charge in [-0.3, -0.25) is 0 Å². The molecule has 1 aromatic carbocycles. The quantitative estimate of drug-likeness (QED) is 0.834. The highest BCUT2D eigenvalue weighted by Gasteiger charge is 2.20. The van der Waals surface area contributed by atoms with Crippen molar-refractivity contribution in [1.82, 2.24) is 15.2 Å². The van der Waals surface area contributed by atoms with E-state index in [4.69, 9.17) is 0 Å². The van der Waals surface area contributed by atoms with Crippen LogP contribution >= 0.6 is 0 Å². The summed E-state index contributed by atoms with van der Waals surface area (Å²) in [6.45, 7) is 3.42. The van der Waals surface area contributed by atoms with Crippen molar-refractivity contribution in [1.29, 1.82) is 0 Å². The molecule has 0 saturated carbocycles. The molecule has 3 heteroatoms. The van der Waals surface area contributed by atoms with E-state index in [0.29, 0.717) is 0 Å². The lowest BCUT2D eigenvalue weighted by molar-refractivity contribution is 0.182. The van der Waals surface area contributed by atoms with Gasteiger partial charge in [-0.2, -0.15) is 0 Å². The zero-order valence-corrected chi connectivity index (χ0v) is 10.2. The van der Waals surface area contributed by atoms with Crippen molar-refractivity contribution in [2.24, 2.45) is 0 Å². The minimum absolute atomic E-state index is 0.736. The second kappa shape index (κ2) is 4.51. The molecule has 2 heterocycles. The van der Waals surface area contributed by atoms with Crippen LogP contribution < -0.4 is 5.32 Å². The standard InChI is InChI=1S/C14H19N3/c1-17(12-9-15-10-12)7-6-11-8-16-14-5-3-2-4-13(11)14/h2-5,8,12,15-16H,6-7,9-10H2,1H3. The van der Waals surface area contributed by atoms with Gasteiger partial charge >= 0.3 is 0 Å². The van der Waals surface area contributed by atoms with Crippen LogP contribution in [-0.2, 0) is 6.42 Å². The molecule has 0 amide bonds. The fourth-order valence-electron chi connectivity index (χ4n) is 2.40. The third-order valence-electron chi connectivity index (χ3n) is 3.79. The highest BCUT2D eigenvalue weighted by Crippen LogP contribution is 2.18. The van der Waals surface area contributed by atoms with Gasteiger partial charge in [0.15, 0.2) is 0 Å². The first-order valence-electron chi connectivity index (χ1n) is 6.30. The number of fused-ring (bicyclic) bond motifs is 1. The summed E-state index contributed by atoms with van der Waals surface area (Å²) >= 11 is 0. The van der Waals surface area contributed by atoms with Crippen LogP contribution in [-0.4, -0.2) is 42.6 Å². The fraction of sp³-hybridized carbons (Fsp3) is 0.429. The lowest BCUT2D eigenvalue weighted by atomic mass is 10.1. The van der Waals surface area contributed by atoms with Crippen molar-refractivity contribution in [2.75, 3.05) is 26.7 Å². The van der Waals surface area contributed by atoms with Crippen LogP contribution in [0.5, 0.6) is 0 Å². The maximum absolute atomic E-state index is 3.34. The predicted molar refractivity (Wildman–Crippen MR) is 71.3 cm³/mol. The minimum atomic E-state index is 0.736. The second-order valence-corrected chi connectivity index (χ2v) is 4.90. The molecule has 0 bridgehead atoms. The van der Waals surface area contributed by atoms with Gasteiger partial charge in [-0.15, -0.1) is 0 Å². The summed E-state index contributed by atoms with van der Waals surface area (Å²) in [6, 6.07) is 9.26. The zero-order valence-electron chi connectivity index (χ0n) is 10.2. The van der Waals surface area contributed by atoms with Gasteiger partial charge in [0, 0.05) is 42.8 Å². The summed E-state index contributed by atoms with van der Waals surface area (Å²) < 4.78 is 0.